The zero-order chi connectivity index (χ0) is 16.4. The van der Waals surface area contributed by atoms with Gasteiger partial charge in [0.25, 0.3) is 0 Å². The van der Waals surface area contributed by atoms with E-state index in [2.05, 4.69) is 4.72 Å². The van der Waals surface area contributed by atoms with E-state index in [4.69, 9.17) is 26.8 Å². The van der Waals surface area contributed by atoms with Crippen LogP contribution in [0.4, 0.5) is 0 Å². The fourth-order valence-corrected chi connectivity index (χ4v) is 4.40. The zero-order valence-electron chi connectivity index (χ0n) is 12.7. The number of nitrogens with one attached hydrogen (secondary N) is 1. The third-order valence-corrected chi connectivity index (χ3v) is 6.02. The number of benzene rings is 1. The van der Waals surface area contributed by atoms with Crippen LogP contribution in [0.15, 0.2) is 17.0 Å². The minimum atomic E-state index is -3.82. The molecule has 0 saturated heterocycles. The van der Waals surface area contributed by atoms with E-state index in [-0.39, 0.29) is 16.5 Å². The molecule has 1 aromatic carbocycles. The van der Waals surface area contributed by atoms with Crippen LogP contribution >= 0.6 is 11.6 Å². The Kier molecular flexibility index (Phi) is 5.21. The molecule has 1 aliphatic rings. The first-order chi connectivity index (χ1) is 10.4. The molecule has 0 atom stereocenters. The molecule has 1 aromatic rings. The number of hydrogen-bond donors (Lipinski definition) is 2. The van der Waals surface area contributed by atoms with Gasteiger partial charge in [-0.2, -0.15) is 0 Å². The van der Waals surface area contributed by atoms with Gasteiger partial charge in [0.1, 0.15) is 18.1 Å². The highest BCUT2D eigenvalue weighted by Crippen LogP contribution is 2.37. The maximum Gasteiger partial charge on any atom is 0.242 e. The lowest BCUT2D eigenvalue weighted by Crippen LogP contribution is -2.52. The van der Waals surface area contributed by atoms with E-state index in [1.165, 1.54) is 12.1 Å². The normalized spacial score (nSPS) is 14.9. The van der Waals surface area contributed by atoms with E-state index in [1.807, 2.05) is 13.8 Å². The second kappa shape index (κ2) is 6.62. The molecule has 0 fully saturated rings. The summed E-state index contributed by atoms with van der Waals surface area (Å²) in [4.78, 5) is -0.0295. The maximum absolute atomic E-state index is 12.7. The Bertz CT molecular complexity index is 636. The van der Waals surface area contributed by atoms with Gasteiger partial charge in [0.15, 0.2) is 11.5 Å². The monoisotopic (exact) mass is 348 g/mol. The van der Waals surface area contributed by atoms with Crippen molar-refractivity contribution in [2.24, 2.45) is 5.73 Å². The molecule has 0 spiro atoms. The number of nitrogens with two attached hydrogens (primary N) is 1. The van der Waals surface area contributed by atoms with Gasteiger partial charge >= 0.3 is 0 Å². The molecule has 0 saturated carbocycles. The van der Waals surface area contributed by atoms with Crippen molar-refractivity contribution in [1.82, 2.24) is 4.72 Å². The molecule has 124 valence electrons. The van der Waals surface area contributed by atoms with Crippen LogP contribution < -0.4 is 19.9 Å². The molecular weight excluding hydrogens is 328 g/mol. The Morgan fingerprint density at radius 1 is 1.23 bits per heavy atom. The van der Waals surface area contributed by atoms with E-state index in [1.54, 1.807) is 0 Å². The average molecular weight is 349 g/mol. The highest BCUT2D eigenvalue weighted by atomic mass is 35.5. The van der Waals surface area contributed by atoms with Crippen molar-refractivity contribution < 1.29 is 17.9 Å². The first-order valence-electron chi connectivity index (χ1n) is 7.20. The largest absolute Gasteiger partial charge is 0.486 e. The topological polar surface area (TPSA) is 90.7 Å². The Balaban J connectivity index is 2.41. The summed E-state index contributed by atoms with van der Waals surface area (Å²) in [6.07, 6.45) is 1.17. The van der Waals surface area contributed by atoms with Gasteiger partial charge in [0, 0.05) is 24.2 Å². The van der Waals surface area contributed by atoms with Gasteiger partial charge in [0.2, 0.25) is 10.0 Å². The number of fused-ring (bicyclic) bond motifs is 1. The van der Waals surface area contributed by atoms with Crippen LogP contribution in [-0.2, 0) is 10.0 Å². The lowest BCUT2D eigenvalue weighted by molar-refractivity contribution is 0.171. The predicted octanol–water partition coefficient (Wildman–Crippen LogP) is 1.91. The van der Waals surface area contributed by atoms with Crippen LogP contribution in [0.2, 0.25) is 5.02 Å². The quantitative estimate of drug-likeness (QED) is 0.819. The van der Waals surface area contributed by atoms with Gasteiger partial charge in [-0.25, -0.2) is 13.1 Å². The second-order valence-corrected chi connectivity index (χ2v) is 7.28. The molecule has 2 rings (SSSR count). The molecule has 0 aliphatic carbocycles. The molecule has 8 heteroatoms. The summed E-state index contributed by atoms with van der Waals surface area (Å²) in [6, 6.07) is 2.86. The van der Waals surface area contributed by atoms with Crippen molar-refractivity contribution in [2.75, 3.05) is 19.8 Å². The summed E-state index contributed by atoms with van der Waals surface area (Å²) in [7, 11) is -3.82. The van der Waals surface area contributed by atoms with Gasteiger partial charge in [-0.1, -0.05) is 25.4 Å². The van der Waals surface area contributed by atoms with Gasteiger partial charge in [0.05, 0.1) is 5.02 Å². The Hall–Kier alpha value is -1.02. The molecule has 3 N–H and O–H groups in total. The molecule has 22 heavy (non-hydrogen) atoms. The zero-order valence-corrected chi connectivity index (χ0v) is 14.3. The fraction of sp³-hybridized carbons (Fsp3) is 0.571. The van der Waals surface area contributed by atoms with E-state index in [0.717, 1.165) is 0 Å². The molecule has 0 aromatic heterocycles. The van der Waals surface area contributed by atoms with Gasteiger partial charge in [-0.05, 0) is 12.8 Å². The molecule has 1 heterocycles. The summed E-state index contributed by atoms with van der Waals surface area (Å²) in [5.41, 5.74) is 5.07. The third kappa shape index (κ3) is 3.32. The lowest BCUT2D eigenvalue weighted by atomic mass is 9.95. The summed E-state index contributed by atoms with van der Waals surface area (Å²) in [6.45, 7) is 4.78. The first-order valence-corrected chi connectivity index (χ1v) is 9.07. The van der Waals surface area contributed by atoms with E-state index in [9.17, 15) is 8.42 Å². The summed E-state index contributed by atoms with van der Waals surface area (Å²) >= 11 is 6.12. The van der Waals surface area contributed by atoms with Crippen LogP contribution in [0.1, 0.15) is 26.7 Å². The lowest BCUT2D eigenvalue weighted by Gasteiger charge is -2.31. The van der Waals surface area contributed by atoms with E-state index in [0.29, 0.717) is 37.6 Å². The Labute approximate surface area is 136 Å². The predicted molar refractivity (Wildman–Crippen MR) is 85.1 cm³/mol. The van der Waals surface area contributed by atoms with E-state index >= 15 is 0 Å². The van der Waals surface area contributed by atoms with E-state index < -0.39 is 15.6 Å². The second-order valence-electron chi connectivity index (χ2n) is 5.22. The molecule has 0 bridgehead atoms. The number of halogens is 1. The van der Waals surface area contributed by atoms with Crippen molar-refractivity contribution in [1.29, 1.82) is 0 Å². The standard InChI is InChI=1S/C14H21ClN2O4S/c1-3-14(4-2,9-16)17-22(18,19)13-8-12-11(7-10(13)15)20-5-6-21-12/h7-8,17H,3-6,9,16H2,1-2H3. The highest BCUT2D eigenvalue weighted by molar-refractivity contribution is 7.89. The van der Waals surface area contributed by atoms with Crippen molar-refractivity contribution in [2.45, 2.75) is 37.1 Å². The third-order valence-electron chi connectivity index (χ3n) is 3.98. The molecule has 1 aliphatic heterocycles. The molecule has 0 unspecified atom stereocenters. The summed E-state index contributed by atoms with van der Waals surface area (Å²) < 4.78 is 38.9. The maximum atomic E-state index is 12.7. The smallest absolute Gasteiger partial charge is 0.242 e. The van der Waals surface area contributed by atoms with Crippen molar-refractivity contribution in [3.8, 4) is 11.5 Å². The van der Waals surface area contributed by atoms with Crippen LogP contribution in [-0.4, -0.2) is 33.7 Å². The number of sulfonamides is 1. The van der Waals surface area contributed by atoms with Crippen LogP contribution in [0.3, 0.4) is 0 Å². The van der Waals surface area contributed by atoms with Gasteiger partial charge in [-0.15, -0.1) is 0 Å². The number of ether oxygens (including phenoxy) is 2. The van der Waals surface area contributed by atoms with Crippen molar-refractivity contribution >= 4 is 21.6 Å². The SMILES string of the molecule is CCC(CC)(CN)NS(=O)(=O)c1cc2c(cc1Cl)OCCO2. The highest BCUT2D eigenvalue weighted by Gasteiger charge is 2.33. The van der Waals surface area contributed by atoms with Crippen molar-refractivity contribution in [3.63, 3.8) is 0 Å². The van der Waals surface area contributed by atoms with Crippen molar-refractivity contribution in [3.05, 3.63) is 17.2 Å². The molecule has 0 amide bonds. The van der Waals surface area contributed by atoms with Crippen LogP contribution in [0.5, 0.6) is 11.5 Å². The minimum absolute atomic E-state index is 0.0295. The Morgan fingerprint density at radius 2 is 1.77 bits per heavy atom. The molecular formula is C14H21ClN2O4S. The summed E-state index contributed by atoms with van der Waals surface area (Å²) in [5, 5.41) is 0.0925. The minimum Gasteiger partial charge on any atom is -0.486 e. The van der Waals surface area contributed by atoms with Crippen LogP contribution in [0, 0.1) is 0 Å². The first kappa shape index (κ1) is 17.3. The van der Waals surface area contributed by atoms with Gasteiger partial charge < -0.3 is 15.2 Å². The molecule has 0 radical (unpaired) electrons. The van der Waals surface area contributed by atoms with Crippen LogP contribution in [0.25, 0.3) is 0 Å². The number of hydrogen-bond acceptors (Lipinski definition) is 5. The summed E-state index contributed by atoms with van der Waals surface area (Å²) in [5.74, 6) is 0.827. The fourth-order valence-electron chi connectivity index (χ4n) is 2.32. The van der Waals surface area contributed by atoms with Gasteiger partial charge in [-0.3, -0.25) is 0 Å². The molecule has 6 nitrogen and oxygen atoms in total. The Morgan fingerprint density at radius 3 is 2.27 bits per heavy atom. The number of rotatable bonds is 6. The average Bonchev–Trinajstić information content (AvgIpc) is 2.52.